The number of ketones is 1. The molecule has 0 saturated carbocycles. The van der Waals surface area contributed by atoms with Crippen molar-refractivity contribution in [2.45, 2.75) is 12.6 Å². The van der Waals surface area contributed by atoms with Crippen molar-refractivity contribution < 1.29 is 19.7 Å². The van der Waals surface area contributed by atoms with E-state index < -0.39 is 18.4 Å². The van der Waals surface area contributed by atoms with Gasteiger partial charge in [0.1, 0.15) is 0 Å². The van der Waals surface area contributed by atoms with Gasteiger partial charge in [0.25, 0.3) is 0 Å². The van der Waals surface area contributed by atoms with Crippen LogP contribution in [-0.4, -0.2) is 28.6 Å². The molecule has 0 aliphatic carbocycles. The highest BCUT2D eigenvalue weighted by molar-refractivity contribution is 5.92. The van der Waals surface area contributed by atoms with Crippen LogP contribution >= 0.6 is 0 Å². The van der Waals surface area contributed by atoms with Crippen molar-refractivity contribution >= 4 is 5.78 Å². The van der Waals surface area contributed by atoms with E-state index in [4.69, 9.17) is 10.2 Å². The highest BCUT2D eigenvalue weighted by atomic mass is 16.7. The van der Waals surface area contributed by atoms with Crippen LogP contribution < -0.4 is 0 Å². The summed E-state index contributed by atoms with van der Waals surface area (Å²) >= 11 is 0. The molecule has 1 aliphatic heterocycles. The Hall–Kier alpha value is -0.710. The topological polar surface area (TPSA) is 66.8 Å². The second-order valence-corrected chi connectivity index (χ2v) is 1.64. The molecule has 0 aromatic heterocycles. The van der Waals surface area contributed by atoms with Crippen LogP contribution in [0.25, 0.3) is 0 Å². The lowest BCUT2D eigenvalue weighted by atomic mass is 10.3. The third-order valence-electron chi connectivity index (χ3n) is 0.937. The van der Waals surface area contributed by atoms with Crippen molar-refractivity contribution in [1.82, 2.24) is 0 Å². The van der Waals surface area contributed by atoms with Crippen LogP contribution in [0.3, 0.4) is 0 Å². The summed E-state index contributed by atoms with van der Waals surface area (Å²) in [5, 5.41) is 17.1. The van der Waals surface area contributed by atoms with E-state index in [0.29, 0.717) is 0 Å². The Morgan fingerprint density at radius 1 is 1.56 bits per heavy atom. The number of rotatable bonds is 0. The van der Waals surface area contributed by atoms with Gasteiger partial charge in [-0.15, -0.1) is 0 Å². The molecule has 0 radical (unpaired) electrons. The fourth-order valence-corrected chi connectivity index (χ4v) is 0.504. The van der Waals surface area contributed by atoms with E-state index in [1.54, 1.807) is 0 Å². The van der Waals surface area contributed by atoms with Crippen LogP contribution in [0.1, 0.15) is 0 Å². The molecular weight excluding hydrogens is 124 g/mol. The van der Waals surface area contributed by atoms with Gasteiger partial charge in [-0.2, -0.15) is 0 Å². The van der Waals surface area contributed by atoms with Gasteiger partial charge < -0.3 is 14.9 Å². The average molecular weight is 130 g/mol. The molecule has 4 nitrogen and oxygen atoms in total. The lowest BCUT2D eigenvalue weighted by molar-refractivity contribution is -0.194. The van der Waals surface area contributed by atoms with Crippen LogP contribution in [-0.2, 0) is 9.53 Å². The minimum atomic E-state index is -1.50. The average Bonchev–Trinajstić information content (AvgIpc) is 1.80. The number of aliphatic hydroxyl groups is 2. The molecule has 0 aromatic rings. The smallest absolute Gasteiger partial charge is 0.222 e. The highest BCUT2D eigenvalue weighted by Gasteiger charge is 2.20. The van der Waals surface area contributed by atoms with Crippen molar-refractivity contribution in [1.29, 1.82) is 0 Å². The van der Waals surface area contributed by atoms with Gasteiger partial charge in [-0.1, -0.05) is 0 Å². The molecular formula is C5H6O4. The molecule has 0 amide bonds. The molecule has 0 bridgehead atoms. The molecule has 0 unspecified atom stereocenters. The maximum Gasteiger partial charge on any atom is 0.222 e. The van der Waals surface area contributed by atoms with Crippen LogP contribution in [0.15, 0.2) is 12.2 Å². The second kappa shape index (κ2) is 2.26. The predicted octanol–water partition coefficient (Wildman–Crippen LogP) is -1.22. The standard InChI is InChI=1S/C5H6O4/c6-3-1-2-4(7)9-5(3)8/h1-2,4-5,7-8H/t4-,5-/m1/s1. The summed E-state index contributed by atoms with van der Waals surface area (Å²) in [4.78, 5) is 10.4. The van der Waals surface area contributed by atoms with Gasteiger partial charge in [-0.05, 0) is 12.2 Å². The number of aliphatic hydroxyl groups excluding tert-OH is 2. The van der Waals surface area contributed by atoms with Crippen LogP contribution in [0.5, 0.6) is 0 Å². The molecule has 9 heavy (non-hydrogen) atoms. The van der Waals surface area contributed by atoms with E-state index in [-0.39, 0.29) is 0 Å². The van der Waals surface area contributed by atoms with Gasteiger partial charge in [0, 0.05) is 0 Å². The molecule has 0 spiro atoms. The quantitative estimate of drug-likeness (QED) is 0.431. The zero-order chi connectivity index (χ0) is 6.85. The number of hydrogen-bond donors (Lipinski definition) is 2. The summed E-state index contributed by atoms with van der Waals surface area (Å²) in [7, 11) is 0. The first kappa shape index (κ1) is 6.41. The van der Waals surface area contributed by atoms with E-state index in [2.05, 4.69) is 4.74 Å². The monoisotopic (exact) mass is 130 g/mol. The van der Waals surface area contributed by atoms with Gasteiger partial charge in [0.05, 0.1) is 0 Å². The summed E-state index contributed by atoms with van der Waals surface area (Å²) < 4.78 is 4.27. The van der Waals surface area contributed by atoms with Crippen LogP contribution in [0, 0.1) is 0 Å². The van der Waals surface area contributed by atoms with E-state index in [9.17, 15) is 4.79 Å². The zero-order valence-corrected chi connectivity index (χ0v) is 4.52. The molecule has 1 aliphatic rings. The van der Waals surface area contributed by atoms with Crippen molar-refractivity contribution in [2.24, 2.45) is 0 Å². The molecule has 50 valence electrons. The Kier molecular flexibility index (Phi) is 1.61. The third kappa shape index (κ3) is 1.35. The fraction of sp³-hybridized carbons (Fsp3) is 0.400. The lowest BCUT2D eigenvalue weighted by Gasteiger charge is -2.15. The molecule has 1 rings (SSSR count). The van der Waals surface area contributed by atoms with Crippen molar-refractivity contribution in [2.75, 3.05) is 0 Å². The zero-order valence-electron chi connectivity index (χ0n) is 4.52. The molecule has 2 atom stereocenters. The van der Waals surface area contributed by atoms with Gasteiger partial charge in [-0.25, -0.2) is 0 Å². The van der Waals surface area contributed by atoms with Crippen LogP contribution in [0.4, 0.5) is 0 Å². The summed E-state index contributed by atoms with van der Waals surface area (Å²) in [6, 6.07) is 0. The molecule has 0 saturated heterocycles. The van der Waals surface area contributed by atoms with Crippen molar-refractivity contribution in [3.05, 3.63) is 12.2 Å². The first-order valence-corrected chi connectivity index (χ1v) is 2.44. The first-order chi connectivity index (χ1) is 4.20. The van der Waals surface area contributed by atoms with E-state index >= 15 is 0 Å². The Morgan fingerprint density at radius 2 is 2.22 bits per heavy atom. The summed E-state index contributed by atoms with van der Waals surface area (Å²) in [5.74, 6) is -0.541. The second-order valence-electron chi connectivity index (χ2n) is 1.64. The largest absolute Gasteiger partial charge is 0.365 e. The number of carbonyl (C=O) groups excluding carboxylic acids is 1. The van der Waals surface area contributed by atoms with Gasteiger partial charge in [0.2, 0.25) is 12.1 Å². The minimum absolute atomic E-state index is 0.541. The van der Waals surface area contributed by atoms with Crippen LogP contribution in [0.2, 0.25) is 0 Å². The lowest BCUT2D eigenvalue weighted by Crippen LogP contribution is -2.30. The van der Waals surface area contributed by atoms with E-state index in [1.165, 1.54) is 0 Å². The fourth-order valence-electron chi connectivity index (χ4n) is 0.504. The Morgan fingerprint density at radius 3 is 2.67 bits per heavy atom. The molecule has 2 N–H and O–H groups in total. The molecule has 1 heterocycles. The summed E-state index contributed by atoms with van der Waals surface area (Å²) in [5.41, 5.74) is 0. The minimum Gasteiger partial charge on any atom is -0.365 e. The Labute approximate surface area is 51.4 Å². The number of hydrogen-bond acceptors (Lipinski definition) is 4. The molecule has 0 fully saturated rings. The highest BCUT2D eigenvalue weighted by Crippen LogP contribution is 2.03. The van der Waals surface area contributed by atoms with Crippen molar-refractivity contribution in [3.8, 4) is 0 Å². The maximum atomic E-state index is 10.4. The third-order valence-corrected chi connectivity index (χ3v) is 0.937. The normalized spacial score (nSPS) is 35.1. The molecule has 4 heteroatoms. The van der Waals surface area contributed by atoms with E-state index in [1.807, 2.05) is 0 Å². The number of ether oxygens (including phenoxy) is 1. The Bertz CT molecular complexity index is 151. The SMILES string of the molecule is O=C1C=C[C@H](O)O[C@H]1O. The van der Waals surface area contributed by atoms with Gasteiger partial charge in [0.15, 0.2) is 6.29 Å². The van der Waals surface area contributed by atoms with Gasteiger partial charge in [-0.3, -0.25) is 4.79 Å². The first-order valence-electron chi connectivity index (χ1n) is 2.44. The van der Waals surface area contributed by atoms with Crippen molar-refractivity contribution in [3.63, 3.8) is 0 Å². The predicted molar refractivity (Wildman–Crippen MR) is 27.2 cm³/mol. The molecule has 0 aromatic carbocycles. The van der Waals surface area contributed by atoms with E-state index in [0.717, 1.165) is 12.2 Å². The maximum absolute atomic E-state index is 10.4. The summed E-state index contributed by atoms with van der Waals surface area (Å²) in [6.07, 6.45) is -0.406. The number of carbonyl (C=O) groups is 1. The Balaban J connectivity index is 2.65. The summed E-state index contributed by atoms with van der Waals surface area (Å²) in [6.45, 7) is 0. The van der Waals surface area contributed by atoms with Gasteiger partial charge >= 0.3 is 0 Å².